The number of hydrogen-bond donors (Lipinski definition) is 0. The second-order valence-electron chi connectivity index (χ2n) is 9.13. The van der Waals surface area contributed by atoms with Crippen molar-refractivity contribution in [1.82, 2.24) is 4.90 Å². The van der Waals surface area contributed by atoms with Gasteiger partial charge in [-0.2, -0.15) is 0 Å². The van der Waals surface area contributed by atoms with E-state index in [1.54, 1.807) is 19.1 Å². The lowest BCUT2D eigenvalue weighted by Gasteiger charge is -2.59. The third-order valence-electron chi connectivity index (χ3n) is 8.36. The molecule has 1 aromatic rings. The van der Waals surface area contributed by atoms with Crippen LogP contribution in [0.25, 0.3) is 0 Å². The highest BCUT2D eigenvalue weighted by atomic mass is 16.6. The van der Waals surface area contributed by atoms with Crippen LogP contribution in [0.3, 0.4) is 0 Å². The van der Waals surface area contributed by atoms with Gasteiger partial charge in [0.05, 0.1) is 43.2 Å². The van der Waals surface area contributed by atoms with E-state index in [9.17, 15) is 14.4 Å². The van der Waals surface area contributed by atoms with Crippen LogP contribution in [0.1, 0.15) is 37.7 Å². The average molecular weight is 412 g/mol. The third-order valence-corrected chi connectivity index (χ3v) is 8.36. The Morgan fingerprint density at radius 3 is 2.67 bits per heavy atom. The van der Waals surface area contributed by atoms with Crippen LogP contribution in [0.2, 0.25) is 0 Å². The van der Waals surface area contributed by atoms with E-state index in [0.29, 0.717) is 30.9 Å². The first kappa shape index (κ1) is 18.0. The van der Waals surface area contributed by atoms with Crippen LogP contribution >= 0.6 is 0 Å². The number of amides is 1. The molecule has 4 fully saturated rings. The molecule has 0 N–H and O–H groups in total. The number of likely N-dealkylation sites (N-methyl/N-ethyl adjacent to an activating group) is 1. The van der Waals surface area contributed by atoms with Gasteiger partial charge in [-0.25, -0.2) is 0 Å². The number of nitrogens with zero attached hydrogens (tertiary/aromatic N) is 2. The van der Waals surface area contributed by atoms with Crippen molar-refractivity contribution in [3.8, 4) is 11.5 Å². The molecule has 8 nitrogen and oxygen atoms in total. The summed E-state index contributed by atoms with van der Waals surface area (Å²) in [6.07, 6.45) is 1.81. The standard InChI is InChI=1S/C22H24N2O6/c1-23-14-9-15(25)20-7-4-8-24-16(26)10-21(14,22(20,24)30-17(27)11-20)12-5-6-13(28-2)19(29-3)18(12)23/h5-6,14H,4,7-11H2,1-3H3/t14-,20+,21-,22+/m1/s1. The summed E-state index contributed by atoms with van der Waals surface area (Å²) in [7, 11) is 5.09. The summed E-state index contributed by atoms with van der Waals surface area (Å²) in [5.41, 5.74) is -1.33. The summed E-state index contributed by atoms with van der Waals surface area (Å²) in [6.45, 7) is 0.502. The van der Waals surface area contributed by atoms with E-state index >= 15 is 0 Å². The maximum absolute atomic E-state index is 13.7. The molecule has 0 radical (unpaired) electrons. The summed E-state index contributed by atoms with van der Waals surface area (Å²) < 4.78 is 17.4. The Balaban J connectivity index is 1.72. The molecular weight excluding hydrogens is 388 g/mol. The number of Topliss-reactive ketones (excluding diaryl/α,β-unsaturated/α-hetero) is 1. The summed E-state index contributed by atoms with van der Waals surface area (Å²) in [6, 6.07) is 3.50. The number of ketones is 1. The molecule has 1 saturated carbocycles. The lowest BCUT2D eigenvalue weighted by molar-refractivity contribution is -0.223. The number of anilines is 1. The molecule has 6 rings (SSSR count). The van der Waals surface area contributed by atoms with Gasteiger partial charge in [-0.15, -0.1) is 0 Å². The van der Waals surface area contributed by atoms with Gasteiger partial charge in [-0.1, -0.05) is 6.07 Å². The van der Waals surface area contributed by atoms with Crippen LogP contribution in [0.4, 0.5) is 5.69 Å². The van der Waals surface area contributed by atoms with Crippen molar-refractivity contribution in [2.45, 2.75) is 49.3 Å². The van der Waals surface area contributed by atoms with Gasteiger partial charge in [0.25, 0.3) is 0 Å². The van der Waals surface area contributed by atoms with E-state index in [-0.39, 0.29) is 43.0 Å². The normalized spacial score (nSPS) is 38.1. The van der Waals surface area contributed by atoms with Crippen molar-refractivity contribution in [2.75, 3.05) is 32.7 Å². The summed E-state index contributed by atoms with van der Waals surface area (Å²) in [4.78, 5) is 43.6. The second-order valence-corrected chi connectivity index (χ2v) is 9.13. The number of hydrogen-bond acceptors (Lipinski definition) is 7. The van der Waals surface area contributed by atoms with E-state index in [0.717, 1.165) is 11.3 Å². The minimum absolute atomic E-state index is 0.0268. The zero-order chi connectivity index (χ0) is 21.1. The van der Waals surface area contributed by atoms with E-state index < -0.39 is 16.6 Å². The quantitative estimate of drug-likeness (QED) is 0.679. The zero-order valence-corrected chi connectivity index (χ0v) is 17.3. The molecule has 0 aromatic heterocycles. The first-order valence-corrected chi connectivity index (χ1v) is 10.4. The highest BCUT2D eigenvalue weighted by Crippen LogP contribution is 2.73. The average Bonchev–Trinajstić information content (AvgIpc) is 3.28. The monoisotopic (exact) mass is 412 g/mol. The van der Waals surface area contributed by atoms with Crippen molar-refractivity contribution in [1.29, 1.82) is 0 Å². The summed E-state index contributed by atoms with van der Waals surface area (Å²) >= 11 is 0. The largest absolute Gasteiger partial charge is 0.493 e. The molecule has 0 unspecified atom stereocenters. The molecule has 2 spiro atoms. The minimum atomic E-state index is -1.26. The lowest BCUT2D eigenvalue weighted by atomic mass is 9.50. The Morgan fingerprint density at radius 2 is 1.93 bits per heavy atom. The number of benzene rings is 1. The maximum Gasteiger partial charge on any atom is 0.309 e. The molecule has 3 saturated heterocycles. The van der Waals surface area contributed by atoms with E-state index in [1.807, 2.05) is 24.1 Å². The summed E-state index contributed by atoms with van der Waals surface area (Å²) in [5.74, 6) is 0.744. The number of esters is 1. The molecular formula is C22H24N2O6. The molecule has 5 aliphatic rings. The fourth-order valence-corrected chi connectivity index (χ4v) is 7.46. The van der Waals surface area contributed by atoms with Gasteiger partial charge in [0.15, 0.2) is 11.5 Å². The number of ether oxygens (including phenoxy) is 3. The van der Waals surface area contributed by atoms with Crippen LogP contribution in [0, 0.1) is 5.41 Å². The maximum atomic E-state index is 13.7. The molecule has 158 valence electrons. The van der Waals surface area contributed by atoms with Gasteiger partial charge in [-0.3, -0.25) is 14.4 Å². The Bertz CT molecular complexity index is 1040. The molecule has 8 heteroatoms. The zero-order valence-electron chi connectivity index (χ0n) is 17.3. The minimum Gasteiger partial charge on any atom is -0.493 e. The molecule has 4 atom stereocenters. The molecule has 1 aromatic carbocycles. The number of rotatable bonds is 2. The van der Waals surface area contributed by atoms with Gasteiger partial charge in [0.2, 0.25) is 11.6 Å². The van der Waals surface area contributed by atoms with Crippen LogP contribution in [0.5, 0.6) is 11.5 Å². The van der Waals surface area contributed by atoms with Crippen LogP contribution in [0.15, 0.2) is 12.1 Å². The number of fused-ring (bicyclic) bond motifs is 1. The highest BCUT2D eigenvalue weighted by molar-refractivity contribution is 6.01. The van der Waals surface area contributed by atoms with E-state index in [2.05, 4.69) is 0 Å². The van der Waals surface area contributed by atoms with Crippen molar-refractivity contribution < 1.29 is 28.6 Å². The highest BCUT2D eigenvalue weighted by Gasteiger charge is 2.86. The second kappa shape index (κ2) is 5.28. The predicted octanol–water partition coefficient (Wildman–Crippen LogP) is 1.39. The fraction of sp³-hybridized carbons (Fsp3) is 0.591. The molecule has 1 amide bonds. The topological polar surface area (TPSA) is 85.4 Å². The van der Waals surface area contributed by atoms with Crippen LogP contribution in [-0.2, 0) is 24.5 Å². The van der Waals surface area contributed by atoms with Crippen LogP contribution in [-0.4, -0.2) is 62.1 Å². The molecule has 4 heterocycles. The predicted molar refractivity (Wildman–Crippen MR) is 104 cm³/mol. The first-order chi connectivity index (χ1) is 14.4. The number of carbonyl (C=O) groups is 3. The Hall–Kier alpha value is -2.77. The molecule has 30 heavy (non-hydrogen) atoms. The van der Waals surface area contributed by atoms with Crippen LogP contribution < -0.4 is 14.4 Å². The lowest BCUT2D eigenvalue weighted by Crippen LogP contribution is -2.75. The van der Waals surface area contributed by atoms with Gasteiger partial charge < -0.3 is 24.0 Å². The molecule has 1 aliphatic carbocycles. The Labute approximate surface area is 174 Å². The van der Waals surface area contributed by atoms with Gasteiger partial charge >= 0.3 is 5.97 Å². The van der Waals surface area contributed by atoms with E-state index in [1.165, 1.54) is 0 Å². The van der Waals surface area contributed by atoms with Gasteiger partial charge in [0.1, 0.15) is 5.78 Å². The first-order valence-electron chi connectivity index (χ1n) is 10.4. The molecule has 4 aliphatic heterocycles. The fourth-order valence-electron chi connectivity index (χ4n) is 7.46. The number of piperidine rings is 1. The van der Waals surface area contributed by atoms with E-state index in [4.69, 9.17) is 14.2 Å². The third kappa shape index (κ3) is 1.54. The number of methoxy groups -OCH3 is 2. The smallest absolute Gasteiger partial charge is 0.309 e. The number of carbonyl (C=O) groups excluding carboxylic acids is 3. The van der Waals surface area contributed by atoms with Crippen molar-refractivity contribution >= 4 is 23.3 Å². The molecule has 0 bridgehead atoms. The van der Waals surface area contributed by atoms with Crippen molar-refractivity contribution in [2.24, 2.45) is 5.41 Å². The van der Waals surface area contributed by atoms with Gasteiger partial charge in [-0.05, 0) is 24.5 Å². The summed E-state index contributed by atoms with van der Waals surface area (Å²) in [5, 5.41) is 0. The van der Waals surface area contributed by atoms with Crippen molar-refractivity contribution in [3.05, 3.63) is 17.7 Å². The Kier molecular flexibility index (Phi) is 3.17. The van der Waals surface area contributed by atoms with Gasteiger partial charge in [0, 0.05) is 26.4 Å². The van der Waals surface area contributed by atoms with Crippen molar-refractivity contribution in [3.63, 3.8) is 0 Å². The SMILES string of the molecule is COc1ccc2c(c1OC)N(C)[C@@H]1CC(=O)[C@@]34CCCN5C(=O)C[C@@]21[C@]53OC(=O)C4. The Morgan fingerprint density at radius 1 is 1.13 bits per heavy atom.